The molecule has 0 spiro atoms. The molecule has 0 aromatic carbocycles. The second-order valence-corrected chi connectivity index (χ2v) is 6.51. The van der Waals surface area contributed by atoms with Gasteiger partial charge in [-0.25, -0.2) is 0 Å². The van der Waals surface area contributed by atoms with Crippen LogP contribution in [0.15, 0.2) is 0 Å². The fourth-order valence-electron chi connectivity index (χ4n) is 2.85. The molecule has 0 saturated heterocycles. The zero-order chi connectivity index (χ0) is 12.9. The lowest BCUT2D eigenvalue weighted by Gasteiger charge is -2.44. The molecule has 0 bridgehead atoms. The molecular formula is C15H31NO. The molecular weight excluding hydrogens is 210 g/mol. The van der Waals surface area contributed by atoms with Crippen molar-refractivity contribution in [2.24, 2.45) is 11.3 Å². The summed E-state index contributed by atoms with van der Waals surface area (Å²) in [5, 5.41) is 3.64. The van der Waals surface area contributed by atoms with Crippen LogP contribution in [-0.2, 0) is 4.74 Å². The molecule has 102 valence electrons. The summed E-state index contributed by atoms with van der Waals surface area (Å²) < 4.78 is 6.13. The zero-order valence-corrected chi connectivity index (χ0v) is 12.4. The van der Waals surface area contributed by atoms with Gasteiger partial charge in [-0.1, -0.05) is 41.0 Å². The first-order valence-corrected chi connectivity index (χ1v) is 7.32. The van der Waals surface area contributed by atoms with Crippen molar-refractivity contribution in [3.63, 3.8) is 0 Å². The zero-order valence-electron chi connectivity index (χ0n) is 12.4. The second-order valence-electron chi connectivity index (χ2n) is 6.51. The fraction of sp³-hybridized carbons (Fsp3) is 1.00. The Bertz CT molecular complexity index is 213. The van der Waals surface area contributed by atoms with Gasteiger partial charge in [-0.15, -0.1) is 0 Å². The van der Waals surface area contributed by atoms with Crippen molar-refractivity contribution in [1.29, 1.82) is 0 Å². The maximum absolute atomic E-state index is 6.13. The quantitative estimate of drug-likeness (QED) is 0.767. The van der Waals surface area contributed by atoms with Gasteiger partial charge in [-0.05, 0) is 37.1 Å². The van der Waals surface area contributed by atoms with Gasteiger partial charge in [0.15, 0.2) is 0 Å². The van der Waals surface area contributed by atoms with Gasteiger partial charge in [-0.3, -0.25) is 0 Å². The van der Waals surface area contributed by atoms with Gasteiger partial charge in [-0.2, -0.15) is 0 Å². The molecule has 0 heterocycles. The first kappa shape index (κ1) is 15.0. The van der Waals surface area contributed by atoms with Crippen LogP contribution in [0.1, 0.15) is 60.3 Å². The lowest BCUT2D eigenvalue weighted by Crippen LogP contribution is -2.53. The Morgan fingerprint density at radius 3 is 2.65 bits per heavy atom. The lowest BCUT2D eigenvalue weighted by atomic mass is 9.71. The number of nitrogens with one attached hydrogen (secondary N) is 1. The van der Waals surface area contributed by atoms with E-state index in [4.69, 9.17) is 4.74 Å². The number of hydrogen-bond acceptors (Lipinski definition) is 2. The molecule has 2 unspecified atom stereocenters. The summed E-state index contributed by atoms with van der Waals surface area (Å²) in [5.74, 6) is 0.740. The van der Waals surface area contributed by atoms with Crippen molar-refractivity contribution in [3.8, 4) is 0 Å². The minimum Gasteiger partial charge on any atom is -0.377 e. The maximum Gasteiger partial charge on any atom is 0.0733 e. The third-order valence-corrected chi connectivity index (χ3v) is 3.97. The summed E-state index contributed by atoms with van der Waals surface area (Å²) in [6.07, 6.45) is 5.43. The van der Waals surface area contributed by atoms with E-state index in [0.29, 0.717) is 17.6 Å². The molecule has 1 aliphatic carbocycles. The highest BCUT2D eigenvalue weighted by atomic mass is 16.5. The van der Waals surface area contributed by atoms with Crippen LogP contribution < -0.4 is 5.32 Å². The number of hydrogen-bond donors (Lipinski definition) is 1. The van der Waals surface area contributed by atoms with Gasteiger partial charge in [0.1, 0.15) is 0 Å². The molecule has 0 radical (unpaired) electrons. The maximum atomic E-state index is 6.13. The summed E-state index contributed by atoms with van der Waals surface area (Å²) >= 11 is 0. The minimum atomic E-state index is 0.372. The summed E-state index contributed by atoms with van der Waals surface area (Å²) in [6, 6.07) is 0.522. The molecule has 17 heavy (non-hydrogen) atoms. The van der Waals surface area contributed by atoms with Gasteiger partial charge in [0.2, 0.25) is 0 Å². The van der Waals surface area contributed by atoms with Crippen LogP contribution in [0.25, 0.3) is 0 Å². The highest BCUT2D eigenvalue weighted by Crippen LogP contribution is 2.37. The van der Waals surface area contributed by atoms with Crippen LogP contribution in [0.4, 0.5) is 0 Å². The summed E-state index contributed by atoms with van der Waals surface area (Å²) in [5.41, 5.74) is 0.372. The van der Waals surface area contributed by atoms with Gasteiger partial charge >= 0.3 is 0 Å². The van der Waals surface area contributed by atoms with Crippen LogP contribution in [0.3, 0.4) is 0 Å². The smallest absolute Gasteiger partial charge is 0.0733 e. The monoisotopic (exact) mass is 241 g/mol. The lowest BCUT2D eigenvalue weighted by molar-refractivity contribution is -0.0396. The predicted octanol–water partition coefficient (Wildman–Crippen LogP) is 3.61. The van der Waals surface area contributed by atoms with Crippen molar-refractivity contribution in [1.82, 2.24) is 5.32 Å². The van der Waals surface area contributed by atoms with E-state index in [1.807, 2.05) is 0 Å². The molecule has 2 heteroatoms. The van der Waals surface area contributed by atoms with E-state index in [1.165, 1.54) is 25.7 Å². The molecule has 1 rings (SSSR count). The van der Waals surface area contributed by atoms with Crippen molar-refractivity contribution in [2.45, 2.75) is 72.4 Å². The SMILES string of the molecule is CCNC1C(OCCC(C)C)CCCC1(C)C. The molecule has 1 aliphatic rings. The molecule has 0 amide bonds. The van der Waals surface area contributed by atoms with Crippen molar-refractivity contribution >= 4 is 0 Å². The second kappa shape index (κ2) is 6.75. The van der Waals surface area contributed by atoms with E-state index in [2.05, 4.69) is 39.9 Å². The average Bonchev–Trinajstić information content (AvgIpc) is 2.22. The summed E-state index contributed by atoms with van der Waals surface area (Å²) in [7, 11) is 0. The third kappa shape index (κ3) is 4.59. The summed E-state index contributed by atoms with van der Waals surface area (Å²) in [6.45, 7) is 13.4. The fourth-order valence-corrected chi connectivity index (χ4v) is 2.85. The van der Waals surface area contributed by atoms with Gasteiger partial charge in [0.25, 0.3) is 0 Å². The Morgan fingerprint density at radius 2 is 2.06 bits per heavy atom. The number of ether oxygens (including phenoxy) is 1. The van der Waals surface area contributed by atoms with Crippen molar-refractivity contribution in [3.05, 3.63) is 0 Å². The van der Waals surface area contributed by atoms with Gasteiger partial charge < -0.3 is 10.1 Å². The Labute approximate surface area is 108 Å². The van der Waals surface area contributed by atoms with Crippen molar-refractivity contribution < 1.29 is 4.74 Å². The van der Waals surface area contributed by atoms with Crippen LogP contribution in [0.5, 0.6) is 0 Å². The average molecular weight is 241 g/mol. The number of rotatable bonds is 6. The molecule has 2 nitrogen and oxygen atoms in total. The topological polar surface area (TPSA) is 21.3 Å². The van der Waals surface area contributed by atoms with E-state index >= 15 is 0 Å². The van der Waals surface area contributed by atoms with Crippen LogP contribution in [-0.4, -0.2) is 25.3 Å². The van der Waals surface area contributed by atoms with Gasteiger partial charge in [0.05, 0.1) is 6.10 Å². The first-order chi connectivity index (χ1) is 7.97. The van der Waals surface area contributed by atoms with Crippen LogP contribution in [0, 0.1) is 11.3 Å². The predicted molar refractivity (Wildman–Crippen MR) is 74.3 cm³/mol. The third-order valence-electron chi connectivity index (χ3n) is 3.97. The van der Waals surface area contributed by atoms with E-state index in [-0.39, 0.29) is 0 Å². The van der Waals surface area contributed by atoms with Crippen molar-refractivity contribution in [2.75, 3.05) is 13.2 Å². The molecule has 1 saturated carbocycles. The molecule has 0 aromatic heterocycles. The molecule has 2 atom stereocenters. The normalized spacial score (nSPS) is 28.6. The van der Waals surface area contributed by atoms with E-state index in [9.17, 15) is 0 Å². The van der Waals surface area contributed by atoms with E-state index in [1.54, 1.807) is 0 Å². The highest BCUT2D eigenvalue weighted by molar-refractivity contribution is 4.94. The van der Waals surface area contributed by atoms with Crippen LogP contribution >= 0.6 is 0 Å². The van der Waals surface area contributed by atoms with Gasteiger partial charge in [0, 0.05) is 12.6 Å². The standard InChI is InChI=1S/C15H31NO/c1-6-16-14-13(17-11-9-12(2)3)8-7-10-15(14,4)5/h12-14,16H,6-11H2,1-5H3. The van der Waals surface area contributed by atoms with E-state index in [0.717, 1.165) is 19.1 Å². The molecule has 1 N–H and O–H groups in total. The Balaban J connectivity index is 2.49. The van der Waals surface area contributed by atoms with Crippen LogP contribution in [0.2, 0.25) is 0 Å². The molecule has 1 fully saturated rings. The van der Waals surface area contributed by atoms with E-state index < -0.39 is 0 Å². The Morgan fingerprint density at radius 1 is 1.35 bits per heavy atom. The highest BCUT2D eigenvalue weighted by Gasteiger charge is 2.38. The minimum absolute atomic E-state index is 0.372. The largest absolute Gasteiger partial charge is 0.377 e. The summed E-state index contributed by atoms with van der Waals surface area (Å²) in [4.78, 5) is 0. The Kier molecular flexibility index (Phi) is 5.94. The Hall–Kier alpha value is -0.0800. The molecule has 0 aliphatic heterocycles. The molecule has 0 aromatic rings. The number of likely N-dealkylation sites (N-methyl/N-ethyl adjacent to an activating group) is 1. The first-order valence-electron chi connectivity index (χ1n) is 7.32.